The zero-order chi connectivity index (χ0) is 10.8. The first-order valence-electron chi connectivity index (χ1n) is 5.16. The standard InChI is InChI=1S/C10H22N2OS/c1-9(2)11-6-4-5-10(13)12-7-8-14-3/h9,11H,4-8H2,1-3H3,(H,12,13). The van der Waals surface area contributed by atoms with Gasteiger partial charge in [0, 0.05) is 24.8 Å². The zero-order valence-corrected chi connectivity index (χ0v) is 10.2. The molecule has 2 N–H and O–H groups in total. The van der Waals surface area contributed by atoms with Crippen LogP contribution in [0.25, 0.3) is 0 Å². The summed E-state index contributed by atoms with van der Waals surface area (Å²) in [6, 6.07) is 0.509. The van der Waals surface area contributed by atoms with Crippen LogP contribution in [0, 0.1) is 0 Å². The van der Waals surface area contributed by atoms with Gasteiger partial charge in [0.2, 0.25) is 5.91 Å². The highest BCUT2D eigenvalue weighted by atomic mass is 32.2. The third kappa shape index (κ3) is 9.86. The summed E-state index contributed by atoms with van der Waals surface area (Å²) in [4.78, 5) is 11.2. The van der Waals surface area contributed by atoms with Gasteiger partial charge in [0.25, 0.3) is 0 Å². The van der Waals surface area contributed by atoms with Crippen molar-refractivity contribution in [3.05, 3.63) is 0 Å². The van der Waals surface area contributed by atoms with Crippen LogP contribution in [0.1, 0.15) is 26.7 Å². The number of carbonyl (C=O) groups is 1. The number of hydrogen-bond acceptors (Lipinski definition) is 3. The summed E-state index contributed by atoms with van der Waals surface area (Å²) in [5.41, 5.74) is 0. The van der Waals surface area contributed by atoms with Crippen LogP contribution in [0.15, 0.2) is 0 Å². The lowest BCUT2D eigenvalue weighted by Gasteiger charge is -2.07. The average Bonchev–Trinajstić information content (AvgIpc) is 2.13. The predicted molar refractivity (Wildman–Crippen MR) is 63.8 cm³/mol. The summed E-state index contributed by atoms with van der Waals surface area (Å²) in [5.74, 6) is 1.17. The van der Waals surface area contributed by atoms with E-state index in [2.05, 4.69) is 24.5 Å². The molecule has 84 valence electrons. The molecule has 0 atom stereocenters. The first-order valence-corrected chi connectivity index (χ1v) is 6.55. The molecule has 0 aliphatic heterocycles. The maximum atomic E-state index is 11.2. The molecule has 0 spiro atoms. The zero-order valence-electron chi connectivity index (χ0n) is 9.43. The second-order valence-electron chi connectivity index (χ2n) is 3.56. The maximum Gasteiger partial charge on any atom is 0.220 e. The smallest absolute Gasteiger partial charge is 0.220 e. The first kappa shape index (κ1) is 13.8. The Labute approximate surface area is 91.4 Å². The molecule has 0 aromatic carbocycles. The van der Waals surface area contributed by atoms with E-state index in [4.69, 9.17) is 0 Å². The van der Waals surface area contributed by atoms with Crippen LogP contribution in [0.2, 0.25) is 0 Å². The van der Waals surface area contributed by atoms with Crippen LogP contribution in [-0.4, -0.2) is 37.0 Å². The summed E-state index contributed by atoms with van der Waals surface area (Å²) >= 11 is 1.75. The predicted octanol–water partition coefficient (Wildman–Crippen LogP) is 1.24. The van der Waals surface area contributed by atoms with Crippen molar-refractivity contribution in [2.45, 2.75) is 32.7 Å². The van der Waals surface area contributed by atoms with E-state index in [-0.39, 0.29) is 5.91 Å². The van der Waals surface area contributed by atoms with Gasteiger partial charge in [0.05, 0.1) is 0 Å². The number of carbonyl (C=O) groups excluding carboxylic acids is 1. The quantitative estimate of drug-likeness (QED) is 0.602. The monoisotopic (exact) mass is 218 g/mol. The van der Waals surface area contributed by atoms with Gasteiger partial charge in [-0.1, -0.05) is 13.8 Å². The van der Waals surface area contributed by atoms with Crippen LogP contribution in [-0.2, 0) is 4.79 Å². The van der Waals surface area contributed by atoms with E-state index in [9.17, 15) is 4.79 Å². The second kappa shape index (κ2) is 9.34. The fraction of sp³-hybridized carbons (Fsp3) is 0.900. The molecule has 0 aromatic heterocycles. The highest BCUT2D eigenvalue weighted by Gasteiger charge is 1.99. The van der Waals surface area contributed by atoms with E-state index in [0.29, 0.717) is 12.5 Å². The molecule has 0 saturated carbocycles. The molecule has 0 aliphatic carbocycles. The largest absolute Gasteiger partial charge is 0.355 e. The van der Waals surface area contributed by atoms with E-state index < -0.39 is 0 Å². The molecular weight excluding hydrogens is 196 g/mol. The summed E-state index contributed by atoms with van der Waals surface area (Å²) in [6.07, 6.45) is 3.59. The van der Waals surface area contributed by atoms with E-state index >= 15 is 0 Å². The van der Waals surface area contributed by atoms with Crippen molar-refractivity contribution in [3.63, 3.8) is 0 Å². The molecule has 0 aromatic rings. The number of hydrogen-bond donors (Lipinski definition) is 2. The summed E-state index contributed by atoms with van der Waals surface area (Å²) < 4.78 is 0. The first-order chi connectivity index (χ1) is 6.66. The molecule has 4 heteroatoms. The molecule has 0 heterocycles. The molecule has 0 unspecified atom stereocenters. The molecule has 14 heavy (non-hydrogen) atoms. The molecule has 0 bridgehead atoms. The normalized spacial score (nSPS) is 10.6. The highest BCUT2D eigenvalue weighted by Crippen LogP contribution is 1.90. The van der Waals surface area contributed by atoms with Gasteiger partial charge in [0.1, 0.15) is 0 Å². The van der Waals surface area contributed by atoms with Crippen molar-refractivity contribution < 1.29 is 4.79 Å². The Kier molecular flexibility index (Phi) is 9.19. The minimum atomic E-state index is 0.171. The van der Waals surface area contributed by atoms with Gasteiger partial charge in [0.15, 0.2) is 0 Å². The van der Waals surface area contributed by atoms with Gasteiger partial charge in [-0.25, -0.2) is 0 Å². The number of thioether (sulfide) groups is 1. The van der Waals surface area contributed by atoms with Crippen molar-refractivity contribution in [2.75, 3.05) is 25.1 Å². The van der Waals surface area contributed by atoms with Gasteiger partial charge in [-0.05, 0) is 19.2 Å². The summed E-state index contributed by atoms with van der Waals surface area (Å²) in [5, 5.41) is 6.17. The van der Waals surface area contributed by atoms with Crippen molar-refractivity contribution in [1.29, 1.82) is 0 Å². The van der Waals surface area contributed by atoms with Crippen LogP contribution in [0.4, 0.5) is 0 Å². The minimum absolute atomic E-state index is 0.171. The SMILES string of the molecule is CSCCNC(=O)CCCNC(C)C. The van der Waals surface area contributed by atoms with E-state index in [0.717, 1.165) is 25.3 Å². The van der Waals surface area contributed by atoms with Crippen LogP contribution in [0.3, 0.4) is 0 Å². The Hall–Kier alpha value is -0.220. The lowest BCUT2D eigenvalue weighted by atomic mass is 10.3. The van der Waals surface area contributed by atoms with Crippen molar-refractivity contribution in [2.24, 2.45) is 0 Å². The Morgan fingerprint density at radius 1 is 1.36 bits per heavy atom. The molecule has 0 saturated heterocycles. The van der Waals surface area contributed by atoms with Gasteiger partial charge >= 0.3 is 0 Å². The van der Waals surface area contributed by atoms with Gasteiger partial charge in [-0.3, -0.25) is 4.79 Å². The van der Waals surface area contributed by atoms with Crippen molar-refractivity contribution in [1.82, 2.24) is 10.6 Å². The molecule has 0 radical (unpaired) electrons. The molecule has 0 rings (SSSR count). The molecule has 0 fully saturated rings. The Morgan fingerprint density at radius 3 is 2.64 bits per heavy atom. The summed E-state index contributed by atoms with van der Waals surface area (Å²) in [7, 11) is 0. The lowest BCUT2D eigenvalue weighted by molar-refractivity contribution is -0.121. The highest BCUT2D eigenvalue weighted by molar-refractivity contribution is 7.98. The lowest BCUT2D eigenvalue weighted by Crippen LogP contribution is -2.28. The van der Waals surface area contributed by atoms with E-state index in [1.54, 1.807) is 11.8 Å². The molecular formula is C10H22N2OS. The third-order valence-electron chi connectivity index (χ3n) is 1.76. The van der Waals surface area contributed by atoms with Gasteiger partial charge < -0.3 is 10.6 Å². The van der Waals surface area contributed by atoms with Gasteiger partial charge in [-0.15, -0.1) is 0 Å². The average molecular weight is 218 g/mol. The molecule has 0 aliphatic rings. The summed E-state index contributed by atoms with van der Waals surface area (Å²) in [6.45, 7) is 5.93. The number of amides is 1. The number of nitrogens with one attached hydrogen (secondary N) is 2. The van der Waals surface area contributed by atoms with Crippen LogP contribution >= 0.6 is 11.8 Å². The van der Waals surface area contributed by atoms with Crippen LogP contribution in [0.5, 0.6) is 0 Å². The van der Waals surface area contributed by atoms with E-state index in [1.807, 2.05) is 6.26 Å². The number of rotatable bonds is 8. The van der Waals surface area contributed by atoms with Crippen molar-refractivity contribution >= 4 is 17.7 Å². The Bertz CT molecular complexity index is 151. The van der Waals surface area contributed by atoms with E-state index in [1.165, 1.54) is 0 Å². The topological polar surface area (TPSA) is 41.1 Å². The third-order valence-corrected chi connectivity index (χ3v) is 2.37. The molecule has 1 amide bonds. The van der Waals surface area contributed by atoms with Crippen LogP contribution < -0.4 is 10.6 Å². The Balaban J connectivity index is 3.18. The maximum absolute atomic E-state index is 11.2. The fourth-order valence-electron chi connectivity index (χ4n) is 1.02. The second-order valence-corrected chi connectivity index (χ2v) is 4.54. The molecule has 3 nitrogen and oxygen atoms in total. The Morgan fingerprint density at radius 2 is 2.07 bits per heavy atom. The minimum Gasteiger partial charge on any atom is -0.355 e. The fourth-order valence-corrected chi connectivity index (χ4v) is 1.33. The van der Waals surface area contributed by atoms with Crippen molar-refractivity contribution in [3.8, 4) is 0 Å². The van der Waals surface area contributed by atoms with Gasteiger partial charge in [-0.2, -0.15) is 11.8 Å².